The molecule has 1 heterocycles. The first-order valence-electron chi connectivity index (χ1n) is 7.21. The van der Waals surface area contributed by atoms with Gasteiger partial charge < -0.3 is 19.6 Å². The van der Waals surface area contributed by atoms with Gasteiger partial charge in [0.2, 0.25) is 5.55 Å². The number of methoxy groups -OCH3 is 2. The Labute approximate surface area is 138 Å². The summed E-state index contributed by atoms with van der Waals surface area (Å²) in [5.41, 5.74) is 7.02. The molecule has 1 amide bonds. The second kappa shape index (κ2) is 6.45. The van der Waals surface area contributed by atoms with Crippen LogP contribution in [0.25, 0.3) is 11.0 Å². The molecule has 0 atom stereocenters. The van der Waals surface area contributed by atoms with E-state index >= 15 is 0 Å². The average molecular weight is 324 g/mol. The molecule has 0 unspecified atom stereocenters. The average Bonchev–Trinajstić information content (AvgIpc) is 2.61. The van der Waals surface area contributed by atoms with E-state index in [4.69, 9.17) is 19.6 Å². The highest BCUT2D eigenvalue weighted by atomic mass is 16.5. The highest BCUT2D eigenvalue weighted by molar-refractivity contribution is 5.95. The number of carbonyl (C=O) groups is 1. The predicted molar refractivity (Wildman–Crippen MR) is 89.5 cm³/mol. The summed E-state index contributed by atoms with van der Waals surface area (Å²) in [6.45, 7) is 0. The molecule has 0 aliphatic carbocycles. The van der Waals surface area contributed by atoms with Crippen LogP contribution in [0.2, 0.25) is 0 Å². The van der Waals surface area contributed by atoms with Crippen molar-refractivity contribution in [2.45, 2.75) is 0 Å². The normalized spacial score (nSPS) is 11.5. The highest BCUT2D eigenvalue weighted by Crippen LogP contribution is 2.21. The van der Waals surface area contributed by atoms with Gasteiger partial charge in [0.25, 0.3) is 5.91 Å². The van der Waals surface area contributed by atoms with E-state index in [-0.39, 0.29) is 11.1 Å². The minimum Gasteiger partial charge on any atom is -0.497 e. The van der Waals surface area contributed by atoms with Crippen molar-refractivity contribution in [3.8, 4) is 11.5 Å². The van der Waals surface area contributed by atoms with Crippen molar-refractivity contribution in [1.82, 2.24) is 0 Å². The molecule has 0 aliphatic rings. The largest absolute Gasteiger partial charge is 0.497 e. The Balaban J connectivity index is 2.19. The smallest absolute Gasteiger partial charge is 0.254 e. The lowest BCUT2D eigenvalue weighted by Gasteiger charge is -2.04. The van der Waals surface area contributed by atoms with E-state index < -0.39 is 5.91 Å². The van der Waals surface area contributed by atoms with Crippen molar-refractivity contribution in [3.05, 3.63) is 59.6 Å². The topological polar surface area (TPSA) is 87.1 Å². The van der Waals surface area contributed by atoms with Crippen molar-refractivity contribution in [2.24, 2.45) is 10.7 Å². The van der Waals surface area contributed by atoms with E-state index in [1.807, 2.05) is 0 Å². The number of fused-ring (bicyclic) bond motifs is 1. The summed E-state index contributed by atoms with van der Waals surface area (Å²) in [5.74, 6) is 0.760. The molecule has 1 aromatic heterocycles. The first kappa shape index (κ1) is 15.6. The van der Waals surface area contributed by atoms with Crippen molar-refractivity contribution in [1.29, 1.82) is 0 Å². The molecule has 0 bridgehead atoms. The molecule has 3 aromatic rings. The van der Waals surface area contributed by atoms with Gasteiger partial charge in [-0.25, -0.2) is 4.99 Å². The molecule has 24 heavy (non-hydrogen) atoms. The lowest BCUT2D eigenvalue weighted by Crippen LogP contribution is -2.21. The number of rotatable bonds is 4. The van der Waals surface area contributed by atoms with Gasteiger partial charge >= 0.3 is 0 Å². The fraction of sp³-hybridized carbons (Fsp3) is 0.111. The molecule has 0 saturated carbocycles. The number of nitrogens with two attached hydrogens (primary N) is 1. The maximum atomic E-state index is 11.8. The van der Waals surface area contributed by atoms with E-state index in [0.717, 1.165) is 0 Å². The zero-order valence-electron chi connectivity index (χ0n) is 13.3. The summed E-state index contributed by atoms with van der Waals surface area (Å²) >= 11 is 0. The van der Waals surface area contributed by atoms with Crippen LogP contribution in [-0.4, -0.2) is 20.1 Å². The fourth-order valence-electron chi connectivity index (χ4n) is 2.27. The van der Waals surface area contributed by atoms with Crippen LogP contribution in [-0.2, 0) is 0 Å². The third-order valence-corrected chi connectivity index (χ3v) is 3.52. The molecule has 2 N–H and O–H groups in total. The predicted octanol–water partition coefficient (Wildman–Crippen LogP) is 2.78. The van der Waals surface area contributed by atoms with E-state index in [9.17, 15) is 4.79 Å². The minimum atomic E-state index is -0.615. The van der Waals surface area contributed by atoms with Crippen molar-refractivity contribution in [2.75, 3.05) is 14.2 Å². The minimum absolute atomic E-state index is 0.158. The Hall–Kier alpha value is -3.28. The number of hydrogen-bond donors (Lipinski definition) is 1. The molecule has 0 radical (unpaired) electrons. The van der Waals surface area contributed by atoms with Crippen molar-refractivity contribution < 1.29 is 18.7 Å². The van der Waals surface area contributed by atoms with Gasteiger partial charge in [-0.2, -0.15) is 0 Å². The maximum absolute atomic E-state index is 11.8. The van der Waals surface area contributed by atoms with Crippen molar-refractivity contribution in [3.63, 3.8) is 0 Å². The Morgan fingerprint density at radius 3 is 2.29 bits per heavy atom. The third-order valence-electron chi connectivity index (χ3n) is 3.52. The first-order chi connectivity index (χ1) is 11.6. The van der Waals surface area contributed by atoms with Crippen LogP contribution in [0.3, 0.4) is 0 Å². The first-order valence-corrected chi connectivity index (χ1v) is 7.21. The molecule has 2 aromatic carbocycles. The molecule has 6 heteroatoms. The summed E-state index contributed by atoms with van der Waals surface area (Å²) in [5, 5.41) is 0.705. The summed E-state index contributed by atoms with van der Waals surface area (Å²) in [6, 6.07) is 14.0. The summed E-state index contributed by atoms with van der Waals surface area (Å²) < 4.78 is 16.0. The Kier molecular flexibility index (Phi) is 4.20. The van der Waals surface area contributed by atoms with Crippen LogP contribution in [0, 0.1) is 0 Å². The van der Waals surface area contributed by atoms with Gasteiger partial charge in [-0.1, -0.05) is 0 Å². The molecule has 0 saturated heterocycles. The number of ether oxygens (including phenoxy) is 2. The van der Waals surface area contributed by atoms with Gasteiger partial charge in [-0.15, -0.1) is 0 Å². The van der Waals surface area contributed by atoms with E-state index in [0.29, 0.717) is 28.2 Å². The van der Waals surface area contributed by atoms with Crippen LogP contribution in [0.5, 0.6) is 11.5 Å². The van der Waals surface area contributed by atoms with Gasteiger partial charge in [0.15, 0.2) is 0 Å². The van der Waals surface area contributed by atoms with Gasteiger partial charge in [0, 0.05) is 5.39 Å². The van der Waals surface area contributed by atoms with E-state index in [1.165, 1.54) is 0 Å². The highest BCUT2D eigenvalue weighted by Gasteiger charge is 2.10. The number of hydrogen-bond acceptors (Lipinski definition) is 5. The molecule has 0 spiro atoms. The van der Waals surface area contributed by atoms with Gasteiger partial charge in [0.1, 0.15) is 22.6 Å². The summed E-state index contributed by atoms with van der Waals surface area (Å²) in [7, 11) is 3.16. The number of primary amides is 1. The van der Waals surface area contributed by atoms with Crippen molar-refractivity contribution >= 4 is 22.6 Å². The molecule has 6 nitrogen and oxygen atoms in total. The molecule has 122 valence electrons. The Bertz CT molecular complexity index is 959. The standard InChI is InChI=1S/C18H16N2O4/c1-22-13-5-3-12(4-6-13)20-18-15(17(19)21)10-11-9-14(23-2)7-8-16(11)24-18/h3-10H,1-2H3,(H2,19,21). The second-order valence-electron chi connectivity index (χ2n) is 5.04. The van der Waals surface area contributed by atoms with Crippen LogP contribution in [0.1, 0.15) is 10.4 Å². The van der Waals surface area contributed by atoms with Crippen LogP contribution >= 0.6 is 0 Å². The quantitative estimate of drug-likeness (QED) is 0.799. The zero-order chi connectivity index (χ0) is 17.1. The lowest BCUT2D eigenvalue weighted by molar-refractivity contribution is 0.0996. The summed E-state index contributed by atoms with van der Waals surface area (Å²) in [6.07, 6.45) is 0. The van der Waals surface area contributed by atoms with Crippen LogP contribution < -0.4 is 20.8 Å². The van der Waals surface area contributed by atoms with Crippen LogP contribution in [0.4, 0.5) is 5.69 Å². The third kappa shape index (κ3) is 3.08. The number of carbonyl (C=O) groups excluding carboxylic acids is 1. The number of amides is 1. The van der Waals surface area contributed by atoms with Gasteiger partial charge in [0.05, 0.1) is 19.9 Å². The Morgan fingerprint density at radius 1 is 1.00 bits per heavy atom. The number of benzene rings is 2. The number of nitrogens with zero attached hydrogens (tertiary/aromatic N) is 1. The fourth-order valence-corrected chi connectivity index (χ4v) is 2.27. The van der Waals surface area contributed by atoms with E-state index in [1.54, 1.807) is 62.8 Å². The Morgan fingerprint density at radius 2 is 1.67 bits per heavy atom. The SMILES string of the molecule is COc1ccc(N=c2oc3ccc(OC)cc3cc2C(N)=O)cc1. The molecular formula is C18H16N2O4. The monoisotopic (exact) mass is 324 g/mol. The summed E-state index contributed by atoms with van der Waals surface area (Å²) in [4.78, 5) is 16.1. The molecule has 0 aliphatic heterocycles. The second-order valence-corrected chi connectivity index (χ2v) is 5.04. The zero-order valence-corrected chi connectivity index (χ0v) is 13.3. The van der Waals surface area contributed by atoms with E-state index in [2.05, 4.69) is 4.99 Å². The maximum Gasteiger partial charge on any atom is 0.254 e. The molecular weight excluding hydrogens is 308 g/mol. The lowest BCUT2D eigenvalue weighted by atomic mass is 10.1. The van der Waals surface area contributed by atoms with Gasteiger partial charge in [-0.05, 0) is 48.5 Å². The molecule has 0 fully saturated rings. The van der Waals surface area contributed by atoms with Crippen LogP contribution in [0.15, 0.2) is 57.9 Å². The van der Waals surface area contributed by atoms with Gasteiger partial charge in [-0.3, -0.25) is 4.79 Å². The molecule has 3 rings (SSSR count).